The molecular weight excluding hydrogens is 276 g/mol. The average molecular weight is 294 g/mol. The summed E-state index contributed by atoms with van der Waals surface area (Å²) in [5.41, 5.74) is 5.67. The van der Waals surface area contributed by atoms with E-state index in [0.29, 0.717) is 12.6 Å². The summed E-state index contributed by atoms with van der Waals surface area (Å²) in [6.07, 6.45) is 3.52. The van der Waals surface area contributed by atoms with Crippen molar-refractivity contribution in [2.24, 2.45) is 0 Å². The van der Waals surface area contributed by atoms with Crippen LogP contribution in [0.25, 0.3) is 0 Å². The first kappa shape index (κ1) is 14.4. The summed E-state index contributed by atoms with van der Waals surface area (Å²) < 4.78 is 5.39. The van der Waals surface area contributed by atoms with E-state index < -0.39 is 0 Å². The van der Waals surface area contributed by atoms with Crippen molar-refractivity contribution in [1.82, 2.24) is 19.9 Å². The Bertz CT molecular complexity index is 533. The zero-order valence-electron chi connectivity index (χ0n) is 11.5. The van der Waals surface area contributed by atoms with Gasteiger partial charge in [-0.2, -0.15) is 15.0 Å². The van der Waals surface area contributed by atoms with E-state index in [1.165, 1.54) is 0 Å². The fourth-order valence-corrected chi connectivity index (χ4v) is 2.37. The average Bonchev–Trinajstić information content (AvgIpc) is 2.96. The van der Waals surface area contributed by atoms with Crippen molar-refractivity contribution >= 4 is 23.2 Å². The van der Waals surface area contributed by atoms with Gasteiger partial charge < -0.3 is 15.8 Å². The van der Waals surface area contributed by atoms with E-state index in [2.05, 4.69) is 32.2 Å². The molecule has 0 saturated heterocycles. The minimum absolute atomic E-state index is 0.0517. The molecule has 7 nitrogen and oxygen atoms in total. The van der Waals surface area contributed by atoms with E-state index in [0.717, 1.165) is 17.8 Å². The molecule has 8 heteroatoms. The van der Waals surface area contributed by atoms with Gasteiger partial charge in [-0.3, -0.25) is 0 Å². The van der Waals surface area contributed by atoms with Crippen molar-refractivity contribution in [3.05, 3.63) is 16.6 Å². The lowest BCUT2D eigenvalue weighted by molar-refractivity contribution is 0.292. The largest absolute Gasteiger partial charge is 0.463 e. The molecule has 0 amide bonds. The molecule has 0 aliphatic carbocycles. The Balaban J connectivity index is 2.13. The van der Waals surface area contributed by atoms with Crippen LogP contribution < -0.4 is 15.8 Å². The molecule has 1 unspecified atom stereocenters. The molecule has 20 heavy (non-hydrogen) atoms. The number of rotatable bonds is 7. The number of nitrogens with one attached hydrogen (secondary N) is 1. The molecule has 2 heterocycles. The van der Waals surface area contributed by atoms with Crippen molar-refractivity contribution in [3.8, 4) is 6.01 Å². The molecular formula is C12H18N6OS. The molecule has 0 spiro atoms. The first-order chi connectivity index (χ1) is 9.72. The Labute approximate surface area is 121 Å². The third-order valence-electron chi connectivity index (χ3n) is 2.53. The number of anilines is 2. The van der Waals surface area contributed by atoms with Crippen LogP contribution in [0.3, 0.4) is 0 Å². The highest BCUT2D eigenvalue weighted by molar-refractivity contribution is 7.09. The van der Waals surface area contributed by atoms with E-state index >= 15 is 0 Å². The first-order valence-corrected chi connectivity index (χ1v) is 7.41. The van der Waals surface area contributed by atoms with Crippen molar-refractivity contribution in [2.45, 2.75) is 32.7 Å². The van der Waals surface area contributed by atoms with Gasteiger partial charge in [0.25, 0.3) is 0 Å². The van der Waals surface area contributed by atoms with E-state index in [9.17, 15) is 0 Å². The molecule has 108 valence electrons. The zero-order valence-corrected chi connectivity index (χ0v) is 12.4. The summed E-state index contributed by atoms with van der Waals surface area (Å²) in [4.78, 5) is 16.5. The number of nitrogens with zero attached hydrogens (tertiary/aromatic N) is 4. The minimum Gasteiger partial charge on any atom is -0.463 e. The predicted octanol–water partition coefficient (Wildman–Crippen LogP) is 2.26. The fourth-order valence-electron chi connectivity index (χ4n) is 1.60. The van der Waals surface area contributed by atoms with Gasteiger partial charge in [0.05, 0.1) is 12.6 Å². The summed E-state index contributed by atoms with van der Waals surface area (Å²) in [5.74, 6) is 0.549. The lowest BCUT2D eigenvalue weighted by atomic mass is 10.2. The molecule has 0 saturated carbocycles. The Hall–Kier alpha value is -1.96. The summed E-state index contributed by atoms with van der Waals surface area (Å²) >= 11 is 1.59. The van der Waals surface area contributed by atoms with E-state index in [-0.39, 0.29) is 18.0 Å². The normalized spacial score (nSPS) is 12.1. The maximum absolute atomic E-state index is 5.67. The number of nitrogens with two attached hydrogens (primary N) is 1. The van der Waals surface area contributed by atoms with Crippen LogP contribution in [0.1, 0.15) is 37.7 Å². The monoisotopic (exact) mass is 294 g/mol. The topological polar surface area (TPSA) is 98.8 Å². The quantitative estimate of drug-likeness (QED) is 0.808. The second-order valence-electron chi connectivity index (χ2n) is 4.12. The molecule has 0 aromatic carbocycles. The Morgan fingerprint density at radius 1 is 1.35 bits per heavy atom. The van der Waals surface area contributed by atoms with Crippen LogP contribution in [0.4, 0.5) is 11.9 Å². The van der Waals surface area contributed by atoms with Crippen LogP contribution in [-0.2, 0) is 0 Å². The third kappa shape index (κ3) is 3.77. The number of ether oxygens (including phenoxy) is 1. The number of nitrogen functional groups attached to an aromatic ring is 1. The fraction of sp³-hybridized carbons (Fsp3) is 0.500. The molecule has 2 aromatic rings. The van der Waals surface area contributed by atoms with Gasteiger partial charge in [-0.1, -0.05) is 13.8 Å². The lowest BCUT2D eigenvalue weighted by Gasteiger charge is -2.14. The van der Waals surface area contributed by atoms with E-state index in [1.807, 2.05) is 12.3 Å². The molecule has 2 rings (SSSR count). The van der Waals surface area contributed by atoms with Gasteiger partial charge in [0.1, 0.15) is 5.01 Å². The molecule has 0 fully saturated rings. The summed E-state index contributed by atoms with van der Waals surface area (Å²) in [7, 11) is 0. The minimum atomic E-state index is 0.0517. The standard InChI is InChI=1S/C12H18N6OS/c1-3-6-19-12-17-10(13)16-11(18-12)15-8(4-2)9-14-5-7-20-9/h5,7-8H,3-4,6H2,1-2H3,(H3,13,15,16,17,18). The van der Waals surface area contributed by atoms with E-state index in [1.54, 1.807) is 17.5 Å². The Morgan fingerprint density at radius 3 is 2.85 bits per heavy atom. The SMILES string of the molecule is CCCOc1nc(N)nc(NC(CC)c2nccs2)n1. The van der Waals surface area contributed by atoms with Crippen LogP contribution in [0, 0.1) is 0 Å². The molecule has 1 atom stereocenters. The first-order valence-electron chi connectivity index (χ1n) is 6.53. The van der Waals surface area contributed by atoms with Crippen molar-refractivity contribution in [2.75, 3.05) is 17.7 Å². The van der Waals surface area contributed by atoms with Gasteiger partial charge in [-0.05, 0) is 12.8 Å². The molecule has 2 aromatic heterocycles. The highest BCUT2D eigenvalue weighted by Gasteiger charge is 2.14. The number of hydrogen-bond donors (Lipinski definition) is 2. The predicted molar refractivity (Wildman–Crippen MR) is 78.8 cm³/mol. The van der Waals surface area contributed by atoms with Gasteiger partial charge >= 0.3 is 6.01 Å². The van der Waals surface area contributed by atoms with Gasteiger partial charge in [-0.15, -0.1) is 11.3 Å². The summed E-state index contributed by atoms with van der Waals surface area (Å²) in [5, 5.41) is 6.14. The van der Waals surface area contributed by atoms with Crippen LogP contribution in [0.15, 0.2) is 11.6 Å². The third-order valence-corrected chi connectivity index (χ3v) is 3.42. The van der Waals surface area contributed by atoms with Crippen molar-refractivity contribution in [1.29, 1.82) is 0 Å². The second-order valence-corrected chi connectivity index (χ2v) is 5.05. The Morgan fingerprint density at radius 2 is 2.20 bits per heavy atom. The maximum Gasteiger partial charge on any atom is 0.323 e. The second kappa shape index (κ2) is 6.99. The smallest absolute Gasteiger partial charge is 0.323 e. The highest BCUT2D eigenvalue weighted by atomic mass is 32.1. The molecule has 0 aliphatic heterocycles. The molecule has 3 N–H and O–H groups in total. The maximum atomic E-state index is 5.67. The van der Waals surface area contributed by atoms with Crippen LogP contribution in [0.5, 0.6) is 6.01 Å². The lowest BCUT2D eigenvalue weighted by Crippen LogP contribution is -2.14. The molecule has 0 bridgehead atoms. The van der Waals surface area contributed by atoms with Crippen LogP contribution in [-0.4, -0.2) is 26.5 Å². The van der Waals surface area contributed by atoms with Gasteiger partial charge in [0, 0.05) is 11.6 Å². The van der Waals surface area contributed by atoms with Crippen molar-refractivity contribution < 1.29 is 4.74 Å². The molecule has 0 aliphatic rings. The van der Waals surface area contributed by atoms with Gasteiger partial charge in [-0.25, -0.2) is 4.98 Å². The summed E-state index contributed by atoms with van der Waals surface area (Å²) in [6.45, 7) is 4.63. The molecule has 0 radical (unpaired) electrons. The van der Waals surface area contributed by atoms with Crippen molar-refractivity contribution in [3.63, 3.8) is 0 Å². The van der Waals surface area contributed by atoms with Crippen LogP contribution >= 0.6 is 11.3 Å². The van der Waals surface area contributed by atoms with Gasteiger partial charge in [0.15, 0.2) is 0 Å². The number of thiazole rings is 1. The zero-order chi connectivity index (χ0) is 14.4. The summed E-state index contributed by atoms with van der Waals surface area (Å²) in [6, 6.07) is 0.298. The highest BCUT2D eigenvalue weighted by Crippen LogP contribution is 2.23. The van der Waals surface area contributed by atoms with E-state index in [4.69, 9.17) is 10.5 Å². The number of hydrogen-bond acceptors (Lipinski definition) is 8. The number of aromatic nitrogens is 4. The van der Waals surface area contributed by atoms with Gasteiger partial charge in [0.2, 0.25) is 11.9 Å². The Kier molecular flexibility index (Phi) is 5.05. The van der Waals surface area contributed by atoms with Crippen LogP contribution in [0.2, 0.25) is 0 Å².